The van der Waals surface area contributed by atoms with Crippen LogP contribution in [0.3, 0.4) is 0 Å². The molecule has 2 aromatic heterocycles. The first-order valence-corrected chi connectivity index (χ1v) is 10.0. The maximum absolute atomic E-state index is 11.6. The van der Waals surface area contributed by atoms with Crippen LogP contribution >= 0.6 is 11.8 Å². The molecule has 1 saturated carbocycles. The van der Waals surface area contributed by atoms with Gasteiger partial charge < -0.3 is 10.2 Å². The number of benzene rings is 1. The molecule has 2 heterocycles. The molecule has 27 heavy (non-hydrogen) atoms. The van der Waals surface area contributed by atoms with Crippen LogP contribution in [0.15, 0.2) is 29.3 Å². The number of thioether (sulfide) groups is 1. The predicted octanol–water partition coefficient (Wildman–Crippen LogP) is 4.43. The van der Waals surface area contributed by atoms with Gasteiger partial charge in [-0.25, -0.2) is 4.57 Å². The lowest BCUT2D eigenvalue weighted by atomic mass is 9.95. The van der Waals surface area contributed by atoms with Crippen molar-refractivity contribution in [1.29, 1.82) is 0 Å². The Hall–Kier alpha value is -2.74. The van der Waals surface area contributed by atoms with E-state index in [2.05, 4.69) is 4.98 Å². The number of nitrogens with zero attached hydrogens (tertiary/aromatic N) is 3. The van der Waals surface area contributed by atoms with E-state index in [0.717, 1.165) is 30.4 Å². The predicted molar refractivity (Wildman–Crippen MR) is 102 cm³/mol. The normalized spacial score (nSPS) is 20.3. The first-order chi connectivity index (χ1) is 13.0. The fourth-order valence-corrected chi connectivity index (χ4v) is 5.44. The van der Waals surface area contributed by atoms with E-state index in [1.165, 1.54) is 16.3 Å². The highest BCUT2D eigenvalue weighted by atomic mass is 32.2. The minimum absolute atomic E-state index is 0.00639. The molecule has 2 atom stereocenters. The lowest BCUT2D eigenvalue weighted by Crippen LogP contribution is -2.01. The molecule has 0 spiro atoms. The summed E-state index contributed by atoms with van der Waals surface area (Å²) in [7, 11) is 0. The summed E-state index contributed by atoms with van der Waals surface area (Å²) in [6.45, 7) is 0. The number of nitro groups is 1. The Bertz CT molecular complexity index is 1090. The summed E-state index contributed by atoms with van der Waals surface area (Å²) in [5.74, 6) is 0.606. The molecule has 2 aliphatic carbocycles. The number of fused-ring (bicyclic) bond motifs is 6. The van der Waals surface area contributed by atoms with Gasteiger partial charge in [0.25, 0.3) is 5.69 Å². The van der Waals surface area contributed by atoms with Crippen molar-refractivity contribution in [3.8, 4) is 17.4 Å². The van der Waals surface area contributed by atoms with E-state index >= 15 is 0 Å². The van der Waals surface area contributed by atoms with E-state index in [1.54, 1.807) is 30.7 Å². The molecule has 0 aliphatic heterocycles. The van der Waals surface area contributed by atoms with Gasteiger partial charge in [-0.15, -0.1) is 11.8 Å². The highest BCUT2D eigenvalue weighted by Crippen LogP contribution is 2.60. The Kier molecular flexibility index (Phi) is 3.42. The van der Waals surface area contributed by atoms with Crippen molar-refractivity contribution in [2.24, 2.45) is 0 Å². The number of aromatic hydroxyl groups is 2. The zero-order valence-electron chi connectivity index (χ0n) is 14.5. The van der Waals surface area contributed by atoms with Crippen molar-refractivity contribution >= 4 is 28.4 Å². The number of rotatable bonds is 3. The van der Waals surface area contributed by atoms with E-state index < -0.39 is 4.92 Å². The van der Waals surface area contributed by atoms with Crippen LogP contribution in [-0.4, -0.2) is 30.9 Å². The van der Waals surface area contributed by atoms with Crippen molar-refractivity contribution in [3.63, 3.8) is 0 Å². The van der Waals surface area contributed by atoms with Crippen LogP contribution in [0.5, 0.6) is 11.8 Å². The van der Waals surface area contributed by atoms with Gasteiger partial charge in [0.2, 0.25) is 11.8 Å². The third-order valence-electron chi connectivity index (χ3n) is 5.89. The molecule has 5 rings (SSSR count). The maximum atomic E-state index is 11.6. The largest absolute Gasteiger partial charge is 0.494 e. The third-order valence-corrected chi connectivity index (χ3v) is 6.65. The summed E-state index contributed by atoms with van der Waals surface area (Å²) < 4.78 is 1.41. The average molecular weight is 383 g/mol. The third kappa shape index (κ3) is 2.07. The van der Waals surface area contributed by atoms with Crippen LogP contribution in [0.1, 0.15) is 42.2 Å². The SMILES string of the molecule is CSc1cc(-n2c(O)c3c(c2O)[C@H]2CC[C@@H]3C2)c2ncccc2c1[N+](=O)[O-]. The van der Waals surface area contributed by atoms with Crippen LogP contribution in [0, 0.1) is 10.1 Å². The van der Waals surface area contributed by atoms with Gasteiger partial charge in [0.05, 0.1) is 20.9 Å². The Balaban J connectivity index is 1.86. The zero-order chi connectivity index (χ0) is 18.9. The van der Waals surface area contributed by atoms with Crippen molar-refractivity contribution in [2.75, 3.05) is 6.26 Å². The van der Waals surface area contributed by atoms with Gasteiger partial charge in [0, 0.05) is 17.3 Å². The van der Waals surface area contributed by atoms with Crippen molar-refractivity contribution in [3.05, 3.63) is 45.6 Å². The zero-order valence-corrected chi connectivity index (χ0v) is 15.4. The summed E-state index contributed by atoms with van der Waals surface area (Å²) in [6.07, 6.45) is 6.34. The van der Waals surface area contributed by atoms with E-state index in [0.29, 0.717) is 21.5 Å². The highest BCUT2D eigenvalue weighted by molar-refractivity contribution is 7.98. The molecular weight excluding hydrogens is 366 g/mol. The summed E-state index contributed by atoms with van der Waals surface area (Å²) in [5.41, 5.74) is 2.50. The van der Waals surface area contributed by atoms with Crippen LogP contribution in [-0.2, 0) is 0 Å². The van der Waals surface area contributed by atoms with Gasteiger partial charge >= 0.3 is 0 Å². The molecule has 2 bridgehead atoms. The maximum Gasteiger partial charge on any atom is 0.292 e. The molecule has 0 saturated heterocycles. The monoisotopic (exact) mass is 383 g/mol. The quantitative estimate of drug-likeness (QED) is 0.394. The van der Waals surface area contributed by atoms with Crippen LogP contribution in [0.2, 0.25) is 0 Å². The van der Waals surface area contributed by atoms with Gasteiger partial charge in [0.15, 0.2) is 0 Å². The smallest absolute Gasteiger partial charge is 0.292 e. The number of nitro benzene ring substituents is 1. The van der Waals surface area contributed by atoms with Crippen molar-refractivity contribution < 1.29 is 15.1 Å². The lowest BCUT2D eigenvalue weighted by Gasteiger charge is -2.14. The second kappa shape index (κ2) is 5.63. The minimum atomic E-state index is -0.408. The standard InChI is InChI=1S/C19H17N3O4S/c1-27-13-8-12(16-11(3-2-6-20-16)17(13)22(25)26)21-18(23)14-9-4-5-10(7-9)15(14)19(21)24/h2-3,6,8-10,23-24H,4-5,7H2,1H3/t9-,10+. The Morgan fingerprint density at radius 1 is 1.26 bits per heavy atom. The van der Waals surface area contributed by atoms with Gasteiger partial charge in [-0.05, 0) is 55.6 Å². The molecule has 0 amide bonds. The molecule has 2 N–H and O–H groups in total. The van der Waals surface area contributed by atoms with Crippen molar-refractivity contribution in [2.45, 2.75) is 36.0 Å². The second-order valence-corrected chi connectivity index (χ2v) is 7.97. The van der Waals surface area contributed by atoms with E-state index in [9.17, 15) is 20.3 Å². The Morgan fingerprint density at radius 3 is 2.52 bits per heavy atom. The topological polar surface area (TPSA) is 101 Å². The van der Waals surface area contributed by atoms with Crippen LogP contribution in [0.4, 0.5) is 5.69 Å². The molecule has 7 nitrogen and oxygen atoms in total. The summed E-state index contributed by atoms with van der Waals surface area (Å²) in [5, 5.41) is 33.9. The first kappa shape index (κ1) is 16.4. The van der Waals surface area contributed by atoms with Crippen LogP contribution in [0.25, 0.3) is 16.6 Å². The summed E-state index contributed by atoms with van der Waals surface area (Å²) in [4.78, 5) is 16.0. The van der Waals surface area contributed by atoms with Crippen LogP contribution < -0.4 is 0 Å². The van der Waals surface area contributed by atoms with Gasteiger partial charge in [-0.1, -0.05) is 0 Å². The van der Waals surface area contributed by atoms with E-state index in [1.807, 2.05) is 0 Å². The lowest BCUT2D eigenvalue weighted by molar-refractivity contribution is -0.385. The summed E-state index contributed by atoms with van der Waals surface area (Å²) in [6, 6.07) is 4.94. The molecule has 3 aromatic rings. The second-order valence-electron chi connectivity index (χ2n) is 7.12. The molecular formula is C19H17N3O4S. The molecule has 2 aliphatic rings. The van der Waals surface area contributed by atoms with E-state index in [4.69, 9.17) is 0 Å². The first-order valence-electron chi connectivity index (χ1n) is 8.79. The van der Waals surface area contributed by atoms with Gasteiger partial charge in [-0.3, -0.25) is 15.1 Å². The number of hydrogen-bond donors (Lipinski definition) is 2. The Labute approximate surface area is 158 Å². The molecule has 1 aromatic carbocycles. The number of pyridine rings is 1. The molecule has 8 heteroatoms. The average Bonchev–Trinajstić information content (AvgIpc) is 3.34. The Morgan fingerprint density at radius 2 is 1.93 bits per heavy atom. The number of aromatic nitrogens is 2. The minimum Gasteiger partial charge on any atom is -0.494 e. The summed E-state index contributed by atoms with van der Waals surface area (Å²) >= 11 is 1.26. The number of hydrogen-bond acceptors (Lipinski definition) is 6. The van der Waals surface area contributed by atoms with E-state index in [-0.39, 0.29) is 29.3 Å². The van der Waals surface area contributed by atoms with Crippen molar-refractivity contribution in [1.82, 2.24) is 9.55 Å². The molecule has 0 radical (unpaired) electrons. The molecule has 0 unspecified atom stereocenters. The highest BCUT2D eigenvalue weighted by Gasteiger charge is 2.44. The van der Waals surface area contributed by atoms with Gasteiger partial charge in [-0.2, -0.15) is 0 Å². The molecule has 138 valence electrons. The fraction of sp³-hybridized carbons (Fsp3) is 0.316. The van der Waals surface area contributed by atoms with Gasteiger partial charge in [0.1, 0.15) is 5.52 Å². The fourth-order valence-electron chi connectivity index (χ4n) is 4.83. The molecule has 1 fully saturated rings.